The minimum absolute atomic E-state index is 0.105. The van der Waals surface area contributed by atoms with E-state index in [2.05, 4.69) is 20.6 Å². The van der Waals surface area contributed by atoms with Crippen LogP contribution in [0.25, 0.3) is 10.9 Å². The fourth-order valence-corrected chi connectivity index (χ4v) is 2.16. The Kier molecular flexibility index (Phi) is 3.07. The quantitative estimate of drug-likeness (QED) is 0.745. The molecule has 1 aromatic heterocycles. The Morgan fingerprint density at radius 1 is 1.42 bits per heavy atom. The molecule has 19 heavy (non-hydrogen) atoms. The highest BCUT2D eigenvalue weighted by Crippen LogP contribution is 2.13. The number of piperidine rings is 1. The number of rotatable bonds is 2. The number of amides is 1. The van der Waals surface area contributed by atoms with Crippen molar-refractivity contribution in [2.45, 2.75) is 18.9 Å². The second kappa shape index (κ2) is 4.88. The van der Waals surface area contributed by atoms with Gasteiger partial charge in [-0.2, -0.15) is 0 Å². The minimum Gasteiger partial charge on any atom is -0.354 e. The Balaban J connectivity index is 1.78. The van der Waals surface area contributed by atoms with Gasteiger partial charge < -0.3 is 10.6 Å². The van der Waals surface area contributed by atoms with E-state index in [4.69, 9.17) is 7.85 Å². The molecule has 0 spiro atoms. The van der Waals surface area contributed by atoms with Crippen molar-refractivity contribution in [1.29, 1.82) is 0 Å². The third-order valence-electron chi connectivity index (χ3n) is 3.20. The maximum atomic E-state index is 11.1. The molecule has 0 bridgehead atoms. The van der Waals surface area contributed by atoms with Crippen LogP contribution < -0.4 is 16.1 Å². The lowest BCUT2D eigenvalue weighted by molar-refractivity contribution is -0.122. The van der Waals surface area contributed by atoms with Crippen molar-refractivity contribution in [3.63, 3.8) is 0 Å². The Morgan fingerprint density at radius 3 is 3.11 bits per heavy atom. The van der Waals surface area contributed by atoms with Gasteiger partial charge in [0.1, 0.15) is 7.85 Å². The normalized spacial score (nSPS) is 19.2. The number of aromatic nitrogens is 2. The summed E-state index contributed by atoms with van der Waals surface area (Å²) >= 11 is 0. The van der Waals surface area contributed by atoms with Crippen LogP contribution in [0.2, 0.25) is 0 Å². The molecule has 1 fully saturated rings. The monoisotopic (exact) mass is 252 g/mol. The van der Waals surface area contributed by atoms with Crippen LogP contribution in [0.4, 0.5) is 5.95 Å². The molecule has 2 aromatic rings. The standard InChI is InChI=1S/C13H13BN4O/c14-9-1-3-11-8(5-9)6-16-13(18-11)17-10-2-4-12(19)15-7-10/h1,3,5-6,10H,2,4,7H2,(H,15,19)(H,16,17,18)/t10-/m0/s1. The second-order valence-electron chi connectivity index (χ2n) is 4.70. The molecular weight excluding hydrogens is 239 g/mol. The third-order valence-corrected chi connectivity index (χ3v) is 3.20. The summed E-state index contributed by atoms with van der Waals surface area (Å²) in [6, 6.07) is 5.73. The van der Waals surface area contributed by atoms with Crippen LogP contribution in [0.15, 0.2) is 24.4 Å². The lowest BCUT2D eigenvalue weighted by atomic mass is 9.95. The average Bonchev–Trinajstić information content (AvgIpc) is 2.42. The maximum Gasteiger partial charge on any atom is 0.223 e. The number of benzene rings is 1. The molecule has 1 atom stereocenters. The number of anilines is 1. The van der Waals surface area contributed by atoms with E-state index in [1.165, 1.54) is 0 Å². The van der Waals surface area contributed by atoms with E-state index in [1.54, 1.807) is 6.20 Å². The highest BCUT2D eigenvalue weighted by molar-refractivity contribution is 6.33. The van der Waals surface area contributed by atoms with Crippen LogP contribution >= 0.6 is 0 Å². The highest BCUT2D eigenvalue weighted by Gasteiger charge is 2.18. The summed E-state index contributed by atoms with van der Waals surface area (Å²) < 4.78 is 0. The summed E-state index contributed by atoms with van der Waals surface area (Å²) in [6.45, 7) is 0.613. The summed E-state index contributed by atoms with van der Waals surface area (Å²) in [4.78, 5) is 19.8. The van der Waals surface area contributed by atoms with E-state index in [9.17, 15) is 4.79 Å². The van der Waals surface area contributed by atoms with Gasteiger partial charge in [-0.3, -0.25) is 4.79 Å². The van der Waals surface area contributed by atoms with Crippen molar-refractivity contribution in [2.24, 2.45) is 0 Å². The molecule has 6 heteroatoms. The van der Waals surface area contributed by atoms with Crippen molar-refractivity contribution in [3.05, 3.63) is 24.4 Å². The number of carbonyl (C=O) groups is 1. The first-order valence-electron chi connectivity index (χ1n) is 6.26. The van der Waals surface area contributed by atoms with Gasteiger partial charge in [0.2, 0.25) is 11.9 Å². The van der Waals surface area contributed by atoms with Crippen molar-refractivity contribution < 1.29 is 4.79 Å². The van der Waals surface area contributed by atoms with E-state index in [-0.39, 0.29) is 11.9 Å². The molecule has 94 valence electrons. The van der Waals surface area contributed by atoms with Crippen LogP contribution in [0.3, 0.4) is 0 Å². The summed E-state index contributed by atoms with van der Waals surface area (Å²) in [5.74, 6) is 0.686. The number of nitrogens with zero attached hydrogens (tertiary/aromatic N) is 2. The molecule has 0 unspecified atom stereocenters. The summed E-state index contributed by atoms with van der Waals surface area (Å²) in [6.07, 6.45) is 3.10. The van der Waals surface area contributed by atoms with E-state index >= 15 is 0 Å². The van der Waals surface area contributed by atoms with Gasteiger partial charge in [0, 0.05) is 30.6 Å². The molecule has 0 saturated carbocycles. The fraction of sp³-hybridized carbons (Fsp3) is 0.308. The number of hydrogen-bond donors (Lipinski definition) is 2. The molecule has 1 aliphatic rings. The highest BCUT2D eigenvalue weighted by atomic mass is 16.1. The molecule has 1 saturated heterocycles. The van der Waals surface area contributed by atoms with Gasteiger partial charge in [-0.25, -0.2) is 9.97 Å². The van der Waals surface area contributed by atoms with Crippen molar-refractivity contribution in [1.82, 2.24) is 15.3 Å². The second-order valence-corrected chi connectivity index (χ2v) is 4.70. The van der Waals surface area contributed by atoms with E-state index in [0.29, 0.717) is 24.4 Å². The van der Waals surface area contributed by atoms with Gasteiger partial charge in [0.15, 0.2) is 0 Å². The zero-order chi connectivity index (χ0) is 13.2. The lowest BCUT2D eigenvalue weighted by Gasteiger charge is -2.23. The topological polar surface area (TPSA) is 66.9 Å². The van der Waals surface area contributed by atoms with Crippen molar-refractivity contribution >= 4 is 36.1 Å². The number of hydrogen-bond acceptors (Lipinski definition) is 4. The number of carbonyl (C=O) groups excluding carboxylic acids is 1. The molecule has 3 rings (SSSR count). The summed E-state index contributed by atoms with van der Waals surface area (Å²) in [5.41, 5.74) is 1.55. The molecule has 0 aliphatic carbocycles. The van der Waals surface area contributed by atoms with E-state index in [1.807, 2.05) is 18.2 Å². The number of nitrogens with one attached hydrogen (secondary N) is 2. The van der Waals surface area contributed by atoms with E-state index in [0.717, 1.165) is 17.3 Å². The van der Waals surface area contributed by atoms with Crippen LogP contribution in [-0.4, -0.2) is 36.3 Å². The summed E-state index contributed by atoms with van der Waals surface area (Å²) in [7, 11) is 5.71. The Hall–Kier alpha value is -2.11. The molecule has 5 nitrogen and oxygen atoms in total. The predicted molar refractivity (Wildman–Crippen MR) is 74.6 cm³/mol. The molecule has 1 aliphatic heterocycles. The molecule has 2 heterocycles. The van der Waals surface area contributed by atoms with Crippen LogP contribution in [0, 0.1) is 0 Å². The maximum absolute atomic E-state index is 11.1. The number of fused-ring (bicyclic) bond motifs is 1. The van der Waals surface area contributed by atoms with Gasteiger partial charge in [0.25, 0.3) is 0 Å². The predicted octanol–water partition coefficient (Wildman–Crippen LogP) is 0.114. The summed E-state index contributed by atoms with van der Waals surface area (Å²) in [5, 5.41) is 6.98. The van der Waals surface area contributed by atoms with Gasteiger partial charge in [-0.1, -0.05) is 17.6 Å². The SMILES string of the molecule is [B]c1ccc2nc(N[C@H]3CCC(=O)NC3)ncc2c1. The molecular formula is C13H13BN4O. The van der Waals surface area contributed by atoms with Crippen LogP contribution in [0.5, 0.6) is 0 Å². The molecule has 2 radical (unpaired) electrons. The van der Waals surface area contributed by atoms with Crippen LogP contribution in [0.1, 0.15) is 12.8 Å². The lowest BCUT2D eigenvalue weighted by Crippen LogP contribution is -2.42. The van der Waals surface area contributed by atoms with Crippen molar-refractivity contribution in [3.8, 4) is 0 Å². The van der Waals surface area contributed by atoms with Crippen molar-refractivity contribution in [2.75, 3.05) is 11.9 Å². The largest absolute Gasteiger partial charge is 0.354 e. The van der Waals surface area contributed by atoms with Gasteiger partial charge in [-0.05, 0) is 12.5 Å². The Morgan fingerprint density at radius 2 is 2.32 bits per heavy atom. The first kappa shape index (κ1) is 12.0. The van der Waals surface area contributed by atoms with Gasteiger partial charge in [0.05, 0.1) is 5.52 Å². The Labute approximate surface area is 112 Å². The Bertz CT molecular complexity index is 621. The third kappa shape index (κ3) is 2.67. The van der Waals surface area contributed by atoms with E-state index < -0.39 is 0 Å². The van der Waals surface area contributed by atoms with Gasteiger partial charge >= 0.3 is 0 Å². The molecule has 1 amide bonds. The zero-order valence-electron chi connectivity index (χ0n) is 10.4. The minimum atomic E-state index is 0.105. The molecule has 1 aromatic carbocycles. The first-order chi connectivity index (χ1) is 9.20. The smallest absolute Gasteiger partial charge is 0.223 e. The van der Waals surface area contributed by atoms with Crippen LogP contribution in [-0.2, 0) is 4.79 Å². The fourth-order valence-electron chi connectivity index (χ4n) is 2.16. The van der Waals surface area contributed by atoms with Gasteiger partial charge in [-0.15, -0.1) is 0 Å². The first-order valence-corrected chi connectivity index (χ1v) is 6.26. The average molecular weight is 252 g/mol. The molecule has 2 N–H and O–H groups in total. The zero-order valence-corrected chi connectivity index (χ0v) is 10.4.